The van der Waals surface area contributed by atoms with Crippen LogP contribution >= 0.6 is 0 Å². The summed E-state index contributed by atoms with van der Waals surface area (Å²) in [5.74, 6) is -0.512. The van der Waals surface area contributed by atoms with E-state index in [9.17, 15) is 4.79 Å². The molecule has 0 atom stereocenters. The predicted octanol–water partition coefficient (Wildman–Crippen LogP) is -0.442. The van der Waals surface area contributed by atoms with Crippen LogP contribution in [0.25, 0.3) is 0 Å². The standard InChI is InChI=1S/C6H8NO2.Yb/c1-4(5(2)7)6(8)9-3;/h2H,1,7H2,3H3;/q-1;/b5-4-;. The number of carbonyl (C=O) groups is 1. The molecule has 0 spiro atoms. The minimum absolute atomic E-state index is 0.164. The Labute approximate surface area is 90.2 Å². The third kappa shape index (κ3) is 2.90. The van der Waals surface area contributed by atoms with E-state index in [0.717, 1.165) is 0 Å². The van der Waals surface area contributed by atoms with E-state index in [1.165, 1.54) is 7.85 Å². The van der Waals surface area contributed by atoms with E-state index < -0.39 is 5.97 Å². The van der Waals surface area contributed by atoms with Crippen molar-refractivity contribution in [2.75, 3.05) is 7.11 Å². The van der Waals surface area contributed by atoms with Crippen LogP contribution in [0.4, 0.5) is 0 Å². The first-order valence-electron chi connectivity index (χ1n) is 2.40. The second kappa shape index (κ2) is 4.99. The maximum absolute atomic E-state index is 10.7. The van der Waals surface area contributed by atoms with Gasteiger partial charge in [-0.15, -0.1) is 0 Å². The summed E-state index contributed by atoms with van der Waals surface area (Å²) >= 11 is 2.64. The van der Waals surface area contributed by atoms with Crippen LogP contribution in [0.2, 0.25) is 0 Å². The van der Waals surface area contributed by atoms with Gasteiger partial charge >= 0.3 is 91.4 Å². The summed E-state index contributed by atoms with van der Waals surface area (Å²) in [6.07, 6.45) is 0. The Morgan fingerprint density at radius 3 is 2.60 bits per heavy atom. The van der Waals surface area contributed by atoms with Crippen LogP contribution in [0.3, 0.4) is 0 Å². The summed E-state index contributed by atoms with van der Waals surface area (Å²) in [5, 5.41) is 0. The molecule has 0 aromatic heterocycles. The fourth-order valence-corrected chi connectivity index (χ4v) is 0.586. The molecule has 0 heterocycles. The van der Waals surface area contributed by atoms with E-state index in [4.69, 9.17) is 5.73 Å². The van der Waals surface area contributed by atoms with Gasteiger partial charge in [0, 0.05) is 0 Å². The maximum atomic E-state index is 10.7. The van der Waals surface area contributed by atoms with Crippen LogP contribution in [0.1, 0.15) is 0 Å². The molecular formula is C6H8NO2Yb-. The van der Waals surface area contributed by atoms with Gasteiger partial charge in [0.05, 0.1) is 0 Å². The Bertz CT molecular complexity index is 186. The van der Waals surface area contributed by atoms with Gasteiger partial charge in [-0.25, -0.2) is 0 Å². The molecule has 0 amide bonds. The molecule has 0 fully saturated rings. The molecule has 0 rings (SSSR count). The zero-order valence-electron chi connectivity index (χ0n) is 5.45. The molecule has 0 saturated carbocycles. The van der Waals surface area contributed by atoms with Crippen molar-refractivity contribution < 1.29 is 53.6 Å². The van der Waals surface area contributed by atoms with E-state index in [-0.39, 0.29) is 5.57 Å². The molecule has 10 heavy (non-hydrogen) atoms. The molecule has 0 unspecified atom stereocenters. The first-order valence-corrected chi connectivity index (χ1v) is 3.39. The van der Waals surface area contributed by atoms with Gasteiger partial charge in [0.1, 0.15) is 0 Å². The summed E-state index contributed by atoms with van der Waals surface area (Å²) in [7, 11) is 1.28. The number of hydrogen-bond acceptors (Lipinski definition) is 3. The number of rotatable bonds is 2. The van der Waals surface area contributed by atoms with Crippen molar-refractivity contribution in [1.82, 2.24) is 0 Å². The monoisotopic (exact) mass is 300 g/mol. The van der Waals surface area contributed by atoms with Crippen molar-refractivity contribution >= 4 is 6.71 Å². The van der Waals surface area contributed by atoms with E-state index in [0.29, 0.717) is 5.70 Å². The molecule has 0 aromatic carbocycles. The topological polar surface area (TPSA) is 52.3 Å². The number of carbonyl (C=O) groups excluding carboxylic acids is 1. The van der Waals surface area contributed by atoms with E-state index in [1.54, 1.807) is 0 Å². The second-order valence-electron chi connectivity index (χ2n) is 1.50. The van der Waals surface area contributed by atoms with Gasteiger partial charge in [-0.2, -0.15) is 0 Å². The molecule has 0 aromatic rings. The molecule has 4 heteroatoms. The number of nitrogens with two attached hydrogens (primary N) is 1. The fourth-order valence-electron chi connectivity index (χ4n) is 0.288. The Kier molecular flexibility index (Phi) is 5.13. The summed E-state index contributed by atoms with van der Waals surface area (Å²) in [5.41, 5.74) is 5.78. The number of esters is 1. The van der Waals surface area contributed by atoms with Crippen molar-refractivity contribution in [3.8, 4) is 0 Å². The van der Waals surface area contributed by atoms with Crippen LogP contribution in [-0.2, 0) is 9.53 Å². The van der Waals surface area contributed by atoms with Crippen molar-refractivity contribution in [1.29, 1.82) is 0 Å². The molecule has 0 aliphatic carbocycles. The molecule has 0 bridgehead atoms. The van der Waals surface area contributed by atoms with Crippen LogP contribution in [-0.4, -0.2) is 13.8 Å². The summed E-state index contributed by atoms with van der Waals surface area (Å²) in [6.45, 7) is 3.41. The molecule has 0 aliphatic heterocycles. The SMILES string of the molecule is [CH2-]/C(C(=O)OC)=C(/N)[CH]=[Yb]. The molecule has 64 valence electrons. The normalized spacial score (nSPS) is 11.9. The van der Waals surface area contributed by atoms with Crippen LogP contribution in [0.5, 0.6) is 0 Å². The first-order chi connectivity index (χ1) is 4.63. The predicted molar refractivity (Wildman–Crippen MR) is 34.7 cm³/mol. The van der Waals surface area contributed by atoms with E-state index >= 15 is 0 Å². The number of allylic oxidation sites excluding steroid dienone is 1. The molecule has 3 nitrogen and oxygen atoms in total. The zero-order chi connectivity index (χ0) is 8.15. The van der Waals surface area contributed by atoms with E-state index in [1.807, 2.05) is 0 Å². The van der Waals surface area contributed by atoms with Crippen molar-refractivity contribution in [2.24, 2.45) is 5.73 Å². The van der Waals surface area contributed by atoms with Gasteiger partial charge in [-0.05, 0) is 0 Å². The summed E-state index contributed by atoms with van der Waals surface area (Å²) in [6, 6.07) is 0. The average molecular weight is 299 g/mol. The molecule has 0 radical (unpaired) electrons. The Morgan fingerprint density at radius 1 is 1.80 bits per heavy atom. The summed E-state index contributed by atoms with van der Waals surface area (Å²) in [4.78, 5) is 10.7. The van der Waals surface area contributed by atoms with Gasteiger partial charge in [0.25, 0.3) is 0 Å². The Morgan fingerprint density at radius 2 is 2.30 bits per heavy atom. The van der Waals surface area contributed by atoms with Crippen molar-refractivity contribution in [3.63, 3.8) is 0 Å². The van der Waals surface area contributed by atoms with E-state index in [2.05, 4.69) is 55.8 Å². The van der Waals surface area contributed by atoms with Crippen molar-refractivity contribution in [2.45, 2.75) is 0 Å². The number of ether oxygens (including phenoxy) is 1. The molecule has 2 N–H and O–H groups in total. The minimum atomic E-state index is -0.512. The summed E-state index contributed by atoms with van der Waals surface area (Å²) < 4.78 is 5.82. The molecular weight excluding hydrogens is 291 g/mol. The average Bonchev–Trinajstić information content (AvgIpc) is 2.00. The second-order valence-corrected chi connectivity index (χ2v) is 2.00. The van der Waals surface area contributed by atoms with Gasteiger partial charge in [-0.1, -0.05) is 0 Å². The van der Waals surface area contributed by atoms with Gasteiger partial charge < -0.3 is 0 Å². The molecule has 0 saturated heterocycles. The third-order valence-electron chi connectivity index (χ3n) is 0.863. The number of methoxy groups -OCH3 is 1. The van der Waals surface area contributed by atoms with Crippen molar-refractivity contribution in [3.05, 3.63) is 18.2 Å². The first kappa shape index (κ1) is 10.3. The Balaban J connectivity index is 4.45. The van der Waals surface area contributed by atoms with Gasteiger partial charge in [0.15, 0.2) is 0 Å². The van der Waals surface area contributed by atoms with Gasteiger partial charge in [-0.3, -0.25) is 0 Å². The fraction of sp³-hybridized carbons (Fsp3) is 0.167. The molecule has 0 aliphatic rings. The third-order valence-corrected chi connectivity index (χ3v) is 1.40. The van der Waals surface area contributed by atoms with Gasteiger partial charge in [0.2, 0.25) is 0 Å². The van der Waals surface area contributed by atoms with Crippen LogP contribution in [0, 0.1) is 51.0 Å². The quantitative estimate of drug-likeness (QED) is 0.427. The van der Waals surface area contributed by atoms with Crippen LogP contribution < -0.4 is 5.73 Å². The van der Waals surface area contributed by atoms with Crippen LogP contribution in [0.15, 0.2) is 11.3 Å². The Hall–Kier alpha value is 0.269. The number of hydrogen-bond donors (Lipinski definition) is 1. The zero-order valence-corrected chi connectivity index (χ0v) is 7.16.